The van der Waals surface area contributed by atoms with Crippen molar-refractivity contribution in [1.29, 1.82) is 0 Å². The first-order chi connectivity index (χ1) is 24.8. The topological polar surface area (TPSA) is 26.3 Å². The maximum Gasteiger partial charge on any atom is 0.147 e. The zero-order valence-electron chi connectivity index (χ0n) is 27.0. The molecule has 2 heteroatoms. The van der Waals surface area contributed by atoms with Crippen molar-refractivity contribution in [2.75, 3.05) is 0 Å². The Bertz CT molecular complexity index is 3070. The van der Waals surface area contributed by atoms with Crippen molar-refractivity contribution in [3.05, 3.63) is 170 Å². The van der Waals surface area contributed by atoms with Gasteiger partial charge in [0.05, 0.1) is 5.39 Å². The zero-order chi connectivity index (χ0) is 32.8. The highest BCUT2D eigenvalue weighted by Gasteiger charge is 2.21. The van der Waals surface area contributed by atoms with Gasteiger partial charge in [-0.1, -0.05) is 146 Å². The molecule has 11 rings (SSSR count). The quantitative estimate of drug-likeness (QED) is 0.180. The molecule has 0 atom stereocenters. The normalized spacial score (nSPS) is 12.0. The van der Waals surface area contributed by atoms with E-state index in [1.54, 1.807) is 0 Å². The van der Waals surface area contributed by atoms with Crippen LogP contribution in [0.15, 0.2) is 179 Å². The van der Waals surface area contributed by atoms with Crippen LogP contribution in [0.5, 0.6) is 0 Å². The van der Waals surface area contributed by atoms with Crippen molar-refractivity contribution in [1.82, 2.24) is 0 Å². The molecule has 0 spiro atoms. The second-order valence-electron chi connectivity index (χ2n) is 13.1. The van der Waals surface area contributed by atoms with Crippen molar-refractivity contribution in [3.63, 3.8) is 0 Å². The molecule has 0 saturated heterocycles. The molecular formula is C48H28O2. The van der Waals surface area contributed by atoms with Crippen LogP contribution < -0.4 is 0 Å². The maximum absolute atomic E-state index is 6.78. The number of benzene rings is 9. The SMILES string of the molecule is c1ccc(-c2c3ccccc3c(-c3ccc(-c4c5ccccc5cc5c4oc4ccc6c7ccccc7oc6c45)cc3)c3ccccc23)cc1. The molecule has 0 fully saturated rings. The van der Waals surface area contributed by atoms with Gasteiger partial charge in [0, 0.05) is 21.7 Å². The van der Waals surface area contributed by atoms with Crippen LogP contribution in [0.3, 0.4) is 0 Å². The zero-order valence-corrected chi connectivity index (χ0v) is 27.0. The molecule has 2 aromatic heterocycles. The van der Waals surface area contributed by atoms with Crippen LogP contribution in [0.1, 0.15) is 0 Å². The van der Waals surface area contributed by atoms with Gasteiger partial charge in [-0.15, -0.1) is 0 Å². The Labute approximate surface area is 287 Å². The van der Waals surface area contributed by atoms with Gasteiger partial charge in [-0.05, 0) is 84.4 Å². The fourth-order valence-electron chi connectivity index (χ4n) is 8.29. The molecule has 232 valence electrons. The van der Waals surface area contributed by atoms with Crippen LogP contribution in [0.25, 0.3) is 110 Å². The number of hydrogen-bond acceptors (Lipinski definition) is 2. The minimum Gasteiger partial charge on any atom is -0.455 e. The summed E-state index contributed by atoms with van der Waals surface area (Å²) >= 11 is 0. The smallest absolute Gasteiger partial charge is 0.147 e. The lowest BCUT2D eigenvalue weighted by Crippen LogP contribution is -1.91. The van der Waals surface area contributed by atoms with E-state index in [2.05, 4.69) is 158 Å². The molecule has 0 N–H and O–H groups in total. The molecule has 11 aromatic rings. The molecule has 0 amide bonds. The van der Waals surface area contributed by atoms with Gasteiger partial charge in [0.15, 0.2) is 0 Å². The summed E-state index contributed by atoms with van der Waals surface area (Å²) in [6, 6.07) is 60.8. The summed E-state index contributed by atoms with van der Waals surface area (Å²) in [4.78, 5) is 0. The molecule has 0 aliphatic heterocycles. The molecule has 9 aromatic carbocycles. The third kappa shape index (κ3) is 3.85. The van der Waals surface area contributed by atoms with Crippen molar-refractivity contribution < 1.29 is 8.83 Å². The van der Waals surface area contributed by atoms with Crippen LogP contribution in [0.4, 0.5) is 0 Å². The minimum atomic E-state index is 0.830. The van der Waals surface area contributed by atoms with Gasteiger partial charge in [-0.3, -0.25) is 0 Å². The van der Waals surface area contributed by atoms with Gasteiger partial charge in [0.1, 0.15) is 22.3 Å². The summed E-state index contributed by atoms with van der Waals surface area (Å²) < 4.78 is 13.3. The summed E-state index contributed by atoms with van der Waals surface area (Å²) in [7, 11) is 0. The van der Waals surface area contributed by atoms with Gasteiger partial charge < -0.3 is 8.83 Å². The predicted octanol–water partition coefficient (Wildman–Crippen LogP) is 13.9. The van der Waals surface area contributed by atoms with Crippen LogP contribution in [-0.4, -0.2) is 0 Å². The number of hydrogen-bond donors (Lipinski definition) is 0. The van der Waals surface area contributed by atoms with Crippen LogP contribution in [-0.2, 0) is 0 Å². The van der Waals surface area contributed by atoms with Gasteiger partial charge >= 0.3 is 0 Å². The molecule has 0 radical (unpaired) electrons. The van der Waals surface area contributed by atoms with Gasteiger partial charge in [0.25, 0.3) is 0 Å². The first-order valence-electron chi connectivity index (χ1n) is 17.1. The number of fused-ring (bicyclic) bond motifs is 10. The van der Waals surface area contributed by atoms with Crippen LogP contribution in [0, 0.1) is 0 Å². The summed E-state index contributed by atoms with van der Waals surface area (Å²) in [5.74, 6) is 0. The fraction of sp³-hybridized carbons (Fsp3) is 0. The molecule has 0 unspecified atom stereocenters. The number of furan rings is 2. The first kappa shape index (κ1) is 27.3. The monoisotopic (exact) mass is 636 g/mol. The third-order valence-corrected chi connectivity index (χ3v) is 10.4. The predicted molar refractivity (Wildman–Crippen MR) is 210 cm³/mol. The Kier molecular flexibility index (Phi) is 5.70. The lowest BCUT2D eigenvalue weighted by Gasteiger charge is -2.18. The van der Waals surface area contributed by atoms with Gasteiger partial charge in [-0.2, -0.15) is 0 Å². The lowest BCUT2D eigenvalue weighted by atomic mass is 9.85. The largest absolute Gasteiger partial charge is 0.455 e. The van der Waals surface area contributed by atoms with E-state index in [0.717, 1.165) is 60.4 Å². The van der Waals surface area contributed by atoms with E-state index in [1.165, 1.54) is 49.2 Å². The van der Waals surface area contributed by atoms with E-state index in [0.29, 0.717) is 0 Å². The molecule has 0 aliphatic rings. The van der Waals surface area contributed by atoms with Gasteiger partial charge in [0.2, 0.25) is 0 Å². The van der Waals surface area contributed by atoms with Crippen LogP contribution in [0.2, 0.25) is 0 Å². The Morgan fingerprint density at radius 1 is 0.280 bits per heavy atom. The molecule has 0 aliphatic carbocycles. The van der Waals surface area contributed by atoms with Crippen LogP contribution >= 0.6 is 0 Å². The van der Waals surface area contributed by atoms with E-state index in [1.807, 2.05) is 12.1 Å². The lowest BCUT2D eigenvalue weighted by molar-refractivity contribution is 0.663. The van der Waals surface area contributed by atoms with Crippen molar-refractivity contribution in [3.8, 4) is 33.4 Å². The van der Waals surface area contributed by atoms with E-state index >= 15 is 0 Å². The Morgan fingerprint density at radius 2 is 0.780 bits per heavy atom. The molecule has 0 saturated carbocycles. The second-order valence-corrected chi connectivity index (χ2v) is 13.1. The number of rotatable bonds is 3. The van der Waals surface area contributed by atoms with Gasteiger partial charge in [-0.25, -0.2) is 0 Å². The third-order valence-electron chi connectivity index (χ3n) is 10.4. The highest BCUT2D eigenvalue weighted by Crippen LogP contribution is 2.47. The van der Waals surface area contributed by atoms with E-state index in [-0.39, 0.29) is 0 Å². The maximum atomic E-state index is 6.78. The average Bonchev–Trinajstić information content (AvgIpc) is 3.74. The standard InChI is InChI=1S/C48H28O2/c1-2-12-29(13-3-1)43-35-17-6-8-19-37(35)44(38-20-9-7-18-36(38)43)30-22-24-31(25-23-30)45-33-15-5-4-14-32(33)28-40-46-42(50-48(40)45)27-26-39-34-16-10-11-21-41(34)49-47(39)46/h1-28H. The first-order valence-corrected chi connectivity index (χ1v) is 17.1. The molecule has 0 bridgehead atoms. The van der Waals surface area contributed by atoms with Crippen molar-refractivity contribution >= 4 is 76.2 Å². The second kappa shape index (κ2) is 10.4. The minimum absolute atomic E-state index is 0.830. The fourth-order valence-corrected chi connectivity index (χ4v) is 8.29. The Hall–Kier alpha value is -6.64. The van der Waals surface area contributed by atoms with E-state index in [4.69, 9.17) is 8.83 Å². The summed E-state index contributed by atoms with van der Waals surface area (Å²) in [5, 5.41) is 11.6. The van der Waals surface area contributed by atoms with Crippen molar-refractivity contribution in [2.24, 2.45) is 0 Å². The molecular weight excluding hydrogens is 609 g/mol. The van der Waals surface area contributed by atoms with E-state index < -0.39 is 0 Å². The Morgan fingerprint density at radius 3 is 1.44 bits per heavy atom. The van der Waals surface area contributed by atoms with Crippen molar-refractivity contribution in [2.45, 2.75) is 0 Å². The summed E-state index contributed by atoms with van der Waals surface area (Å²) in [6.45, 7) is 0. The highest BCUT2D eigenvalue weighted by atomic mass is 16.3. The molecule has 2 heterocycles. The summed E-state index contributed by atoms with van der Waals surface area (Å²) in [5.41, 5.74) is 10.6. The number of para-hydroxylation sites is 1. The van der Waals surface area contributed by atoms with E-state index in [9.17, 15) is 0 Å². The Balaban J connectivity index is 1.16. The highest BCUT2D eigenvalue weighted by molar-refractivity contribution is 6.26. The molecule has 2 nitrogen and oxygen atoms in total. The molecule has 50 heavy (non-hydrogen) atoms. The average molecular weight is 637 g/mol. The summed E-state index contributed by atoms with van der Waals surface area (Å²) in [6.07, 6.45) is 0.